The van der Waals surface area contributed by atoms with Gasteiger partial charge in [0.05, 0.1) is 20.5 Å². The SMILES string of the molecule is Cc1ccc(-c2nc(-c3ccccc3Cl)sc2-c2ccc(S(N)(=O)=O)cc2)cc1Cl. The number of thiazole rings is 1. The zero-order chi connectivity index (χ0) is 21.5. The Morgan fingerprint density at radius 3 is 2.20 bits per heavy atom. The van der Waals surface area contributed by atoms with Gasteiger partial charge in [-0.3, -0.25) is 0 Å². The molecule has 4 nitrogen and oxygen atoms in total. The lowest BCUT2D eigenvalue weighted by Gasteiger charge is -2.06. The Labute approximate surface area is 189 Å². The summed E-state index contributed by atoms with van der Waals surface area (Å²) in [7, 11) is -3.76. The van der Waals surface area contributed by atoms with E-state index >= 15 is 0 Å². The summed E-state index contributed by atoms with van der Waals surface area (Å²) in [6.07, 6.45) is 0. The first-order chi connectivity index (χ1) is 14.2. The number of hydrogen-bond donors (Lipinski definition) is 1. The van der Waals surface area contributed by atoms with Crippen LogP contribution in [0.5, 0.6) is 0 Å². The second-order valence-corrected chi connectivity index (χ2v) is 10.1. The van der Waals surface area contributed by atoms with Crippen LogP contribution in [0.15, 0.2) is 71.6 Å². The van der Waals surface area contributed by atoms with Crippen molar-refractivity contribution < 1.29 is 8.42 Å². The van der Waals surface area contributed by atoms with E-state index in [1.54, 1.807) is 12.1 Å². The average Bonchev–Trinajstić information content (AvgIpc) is 3.15. The predicted octanol–water partition coefficient (Wildman–Crippen LogP) is 6.41. The summed E-state index contributed by atoms with van der Waals surface area (Å²) >= 11 is 14.2. The fourth-order valence-electron chi connectivity index (χ4n) is 3.00. The van der Waals surface area contributed by atoms with Crippen molar-refractivity contribution in [3.05, 3.63) is 82.3 Å². The van der Waals surface area contributed by atoms with E-state index in [0.717, 1.165) is 37.8 Å². The number of aryl methyl sites for hydroxylation is 1. The van der Waals surface area contributed by atoms with Crippen molar-refractivity contribution in [2.75, 3.05) is 0 Å². The van der Waals surface area contributed by atoms with Crippen molar-refractivity contribution >= 4 is 44.6 Å². The third-order valence-corrected chi connectivity index (χ3v) is 7.43. The predicted molar refractivity (Wildman–Crippen MR) is 125 cm³/mol. The number of rotatable bonds is 4. The van der Waals surface area contributed by atoms with E-state index < -0.39 is 10.0 Å². The quantitative estimate of drug-likeness (QED) is 0.371. The Morgan fingerprint density at radius 2 is 1.57 bits per heavy atom. The van der Waals surface area contributed by atoms with E-state index in [9.17, 15) is 8.42 Å². The first-order valence-corrected chi connectivity index (χ1v) is 12.0. The molecule has 3 aromatic carbocycles. The van der Waals surface area contributed by atoms with Crippen molar-refractivity contribution in [2.24, 2.45) is 5.14 Å². The monoisotopic (exact) mass is 474 g/mol. The van der Waals surface area contributed by atoms with E-state index in [4.69, 9.17) is 33.3 Å². The van der Waals surface area contributed by atoms with Crippen LogP contribution in [0.4, 0.5) is 0 Å². The third-order valence-electron chi connectivity index (χ3n) is 4.62. The minimum absolute atomic E-state index is 0.0574. The Balaban J connectivity index is 1.92. The fraction of sp³-hybridized carbons (Fsp3) is 0.0455. The molecule has 0 amide bonds. The first-order valence-electron chi connectivity index (χ1n) is 8.89. The van der Waals surface area contributed by atoms with Crippen LogP contribution in [0.3, 0.4) is 0 Å². The topological polar surface area (TPSA) is 73.0 Å². The van der Waals surface area contributed by atoms with Gasteiger partial charge in [-0.05, 0) is 42.3 Å². The molecule has 0 aliphatic rings. The number of sulfonamides is 1. The molecule has 0 aliphatic heterocycles. The van der Waals surface area contributed by atoms with Crippen LogP contribution in [0, 0.1) is 6.92 Å². The molecule has 1 aromatic heterocycles. The van der Waals surface area contributed by atoms with Crippen LogP contribution in [0.25, 0.3) is 32.3 Å². The first kappa shape index (κ1) is 21.0. The zero-order valence-corrected chi connectivity index (χ0v) is 18.9. The van der Waals surface area contributed by atoms with E-state index in [1.165, 1.54) is 23.5 Å². The molecule has 4 rings (SSSR count). The van der Waals surface area contributed by atoms with Crippen LogP contribution >= 0.6 is 34.5 Å². The Morgan fingerprint density at radius 1 is 0.900 bits per heavy atom. The number of aromatic nitrogens is 1. The minimum atomic E-state index is -3.76. The number of nitrogens with two attached hydrogens (primary N) is 1. The van der Waals surface area contributed by atoms with E-state index in [2.05, 4.69) is 0 Å². The highest BCUT2D eigenvalue weighted by Gasteiger charge is 2.19. The summed E-state index contributed by atoms with van der Waals surface area (Å²) in [6, 6.07) is 19.7. The maximum Gasteiger partial charge on any atom is 0.238 e. The molecule has 0 radical (unpaired) electrons. The second-order valence-electron chi connectivity index (χ2n) is 6.71. The summed E-state index contributed by atoms with van der Waals surface area (Å²) in [5, 5.41) is 7.24. The number of hydrogen-bond acceptors (Lipinski definition) is 4. The van der Waals surface area contributed by atoms with E-state index in [-0.39, 0.29) is 4.90 Å². The zero-order valence-electron chi connectivity index (χ0n) is 15.8. The van der Waals surface area contributed by atoms with Crippen molar-refractivity contribution in [1.29, 1.82) is 0 Å². The lowest BCUT2D eigenvalue weighted by atomic mass is 10.1. The van der Waals surface area contributed by atoms with E-state index in [0.29, 0.717) is 10.0 Å². The van der Waals surface area contributed by atoms with Gasteiger partial charge in [0.1, 0.15) is 5.01 Å². The molecule has 2 N–H and O–H groups in total. The maximum atomic E-state index is 11.6. The van der Waals surface area contributed by atoms with Gasteiger partial charge in [0.25, 0.3) is 0 Å². The molecular formula is C22H16Cl2N2O2S2. The van der Waals surface area contributed by atoms with Gasteiger partial charge >= 0.3 is 0 Å². The molecule has 152 valence electrons. The van der Waals surface area contributed by atoms with Gasteiger partial charge in [0.15, 0.2) is 0 Å². The highest BCUT2D eigenvalue weighted by molar-refractivity contribution is 7.89. The maximum absolute atomic E-state index is 11.6. The minimum Gasteiger partial charge on any atom is -0.235 e. The van der Waals surface area contributed by atoms with Gasteiger partial charge in [-0.2, -0.15) is 0 Å². The molecular weight excluding hydrogens is 459 g/mol. The third kappa shape index (κ3) is 4.15. The van der Waals surface area contributed by atoms with Gasteiger partial charge in [-0.1, -0.05) is 65.7 Å². The Hall–Kier alpha value is -2.22. The van der Waals surface area contributed by atoms with Crippen LogP contribution in [0.1, 0.15) is 5.56 Å². The summed E-state index contributed by atoms with van der Waals surface area (Å²) in [6.45, 7) is 1.94. The van der Waals surface area contributed by atoms with E-state index in [1.807, 2.05) is 49.4 Å². The van der Waals surface area contributed by atoms with Crippen molar-refractivity contribution in [1.82, 2.24) is 4.98 Å². The molecule has 4 aromatic rings. The fourth-order valence-corrected chi connectivity index (χ4v) is 5.11. The molecule has 0 spiro atoms. The summed E-state index contributed by atoms with van der Waals surface area (Å²) in [5.74, 6) is 0. The van der Waals surface area contributed by atoms with Crippen molar-refractivity contribution in [2.45, 2.75) is 11.8 Å². The highest BCUT2D eigenvalue weighted by Crippen LogP contribution is 2.42. The van der Waals surface area contributed by atoms with Gasteiger partial charge in [-0.25, -0.2) is 18.5 Å². The Bertz CT molecular complexity index is 1350. The average molecular weight is 475 g/mol. The molecule has 0 bridgehead atoms. The Kier molecular flexibility index (Phi) is 5.70. The van der Waals surface area contributed by atoms with Crippen LogP contribution in [-0.4, -0.2) is 13.4 Å². The van der Waals surface area contributed by atoms with Gasteiger partial charge in [0, 0.05) is 16.1 Å². The lowest BCUT2D eigenvalue weighted by molar-refractivity contribution is 0.598. The van der Waals surface area contributed by atoms with Gasteiger partial charge < -0.3 is 0 Å². The lowest BCUT2D eigenvalue weighted by Crippen LogP contribution is -2.11. The molecule has 0 atom stereocenters. The smallest absolute Gasteiger partial charge is 0.235 e. The number of primary sulfonamides is 1. The normalized spacial score (nSPS) is 11.6. The molecule has 0 unspecified atom stereocenters. The summed E-state index contributed by atoms with van der Waals surface area (Å²) in [5.41, 5.74) is 4.24. The summed E-state index contributed by atoms with van der Waals surface area (Å²) in [4.78, 5) is 5.80. The van der Waals surface area contributed by atoms with Crippen LogP contribution in [-0.2, 0) is 10.0 Å². The number of nitrogens with zero attached hydrogens (tertiary/aromatic N) is 1. The number of halogens is 2. The van der Waals surface area contributed by atoms with Crippen molar-refractivity contribution in [3.63, 3.8) is 0 Å². The van der Waals surface area contributed by atoms with Crippen molar-refractivity contribution in [3.8, 4) is 32.3 Å². The standard InChI is InChI=1S/C22H16Cl2N2O2S2/c1-13-6-7-15(12-19(13)24)20-21(14-8-10-16(11-9-14)30(25,27)28)29-22(26-20)17-4-2-3-5-18(17)23/h2-12H,1H3,(H2,25,27,28). The number of benzene rings is 3. The molecule has 0 aliphatic carbocycles. The molecule has 0 fully saturated rings. The molecule has 1 heterocycles. The highest BCUT2D eigenvalue weighted by atomic mass is 35.5. The largest absolute Gasteiger partial charge is 0.238 e. The molecule has 8 heteroatoms. The summed E-state index contributed by atoms with van der Waals surface area (Å²) < 4.78 is 23.2. The molecule has 0 saturated heterocycles. The molecule has 30 heavy (non-hydrogen) atoms. The van der Waals surface area contributed by atoms with Gasteiger partial charge in [0.2, 0.25) is 10.0 Å². The van der Waals surface area contributed by atoms with Gasteiger partial charge in [-0.15, -0.1) is 11.3 Å². The second kappa shape index (κ2) is 8.13. The van der Waals surface area contributed by atoms with Crippen LogP contribution in [0.2, 0.25) is 10.0 Å². The van der Waals surface area contributed by atoms with Crippen LogP contribution < -0.4 is 5.14 Å². The molecule has 0 saturated carbocycles.